The Labute approximate surface area is 80.3 Å². The van der Waals surface area contributed by atoms with Crippen molar-refractivity contribution in [1.29, 1.82) is 0 Å². The van der Waals surface area contributed by atoms with Gasteiger partial charge in [0.2, 0.25) is 5.92 Å². The molecule has 0 aromatic heterocycles. The predicted octanol–water partition coefficient (Wildman–Crippen LogP) is 1.22. The average Bonchev–Trinajstić information content (AvgIpc) is 1.92. The van der Waals surface area contributed by atoms with Crippen LogP contribution in [0.1, 0.15) is 25.7 Å². The van der Waals surface area contributed by atoms with Gasteiger partial charge in [-0.05, 0) is 18.8 Å². The maximum Gasteiger partial charge on any atom is 0.310 e. The van der Waals surface area contributed by atoms with Crippen LogP contribution in [0.5, 0.6) is 0 Å². The Hall–Kier alpha value is -0.710. The second-order valence-corrected chi connectivity index (χ2v) is 4.59. The van der Waals surface area contributed by atoms with Crippen LogP contribution in [0.4, 0.5) is 8.78 Å². The molecule has 5 heteroatoms. The van der Waals surface area contributed by atoms with Gasteiger partial charge in [-0.3, -0.25) is 4.79 Å². The van der Waals surface area contributed by atoms with Crippen LogP contribution in [0.15, 0.2) is 0 Å². The molecule has 3 N–H and O–H groups in total. The van der Waals surface area contributed by atoms with E-state index >= 15 is 0 Å². The van der Waals surface area contributed by atoms with Crippen molar-refractivity contribution in [2.45, 2.75) is 37.6 Å². The third-order valence-corrected chi connectivity index (χ3v) is 3.55. The summed E-state index contributed by atoms with van der Waals surface area (Å²) in [6, 6.07) is -0.125. The first kappa shape index (κ1) is 9.83. The Kier molecular flexibility index (Phi) is 1.86. The summed E-state index contributed by atoms with van der Waals surface area (Å²) in [6.07, 6.45) is 0.129. The van der Waals surface area contributed by atoms with E-state index in [0.717, 1.165) is 0 Å². The lowest BCUT2D eigenvalue weighted by Gasteiger charge is -2.53. The molecular formula is C9H13F2NO2. The summed E-state index contributed by atoms with van der Waals surface area (Å²) in [5.41, 5.74) is 4.58. The molecule has 0 atom stereocenters. The lowest BCUT2D eigenvalue weighted by molar-refractivity contribution is -0.192. The Morgan fingerprint density at radius 3 is 2.07 bits per heavy atom. The number of hydrogen-bond donors (Lipinski definition) is 2. The molecular weight excluding hydrogens is 192 g/mol. The number of carboxylic acids is 1. The molecule has 2 aliphatic rings. The van der Waals surface area contributed by atoms with E-state index in [1.54, 1.807) is 0 Å². The fourth-order valence-corrected chi connectivity index (χ4v) is 2.61. The lowest BCUT2D eigenvalue weighted by Crippen LogP contribution is -2.59. The molecule has 0 amide bonds. The number of aliphatic carboxylic acids is 1. The quantitative estimate of drug-likeness (QED) is 0.712. The van der Waals surface area contributed by atoms with E-state index in [1.165, 1.54) is 0 Å². The van der Waals surface area contributed by atoms with E-state index in [4.69, 9.17) is 10.8 Å². The van der Waals surface area contributed by atoms with E-state index in [2.05, 4.69) is 0 Å². The minimum Gasteiger partial charge on any atom is -0.481 e. The normalized spacial score (nSPS) is 41.2. The van der Waals surface area contributed by atoms with Crippen LogP contribution in [0.25, 0.3) is 0 Å². The van der Waals surface area contributed by atoms with E-state index in [1.807, 2.05) is 0 Å². The van der Waals surface area contributed by atoms with Gasteiger partial charge in [-0.1, -0.05) is 0 Å². The largest absolute Gasteiger partial charge is 0.481 e. The van der Waals surface area contributed by atoms with Crippen LogP contribution in [0.2, 0.25) is 0 Å². The molecule has 3 nitrogen and oxygen atoms in total. The van der Waals surface area contributed by atoms with Crippen molar-refractivity contribution in [3.8, 4) is 0 Å². The molecule has 2 aliphatic carbocycles. The SMILES string of the molecule is NC1CC(C(=O)O)(C2CC(F)(F)C2)C1. The maximum atomic E-state index is 12.6. The Morgan fingerprint density at radius 2 is 1.79 bits per heavy atom. The molecule has 2 rings (SSSR count). The first-order valence-electron chi connectivity index (χ1n) is 4.72. The highest BCUT2D eigenvalue weighted by molar-refractivity contribution is 5.77. The zero-order valence-electron chi connectivity index (χ0n) is 7.67. The first-order chi connectivity index (χ1) is 6.36. The van der Waals surface area contributed by atoms with Crippen LogP contribution in [-0.2, 0) is 4.79 Å². The number of hydrogen-bond acceptors (Lipinski definition) is 2. The average molecular weight is 205 g/mol. The zero-order chi connectivity index (χ0) is 10.6. The fraction of sp³-hybridized carbons (Fsp3) is 0.889. The highest BCUT2D eigenvalue weighted by Gasteiger charge is 2.62. The van der Waals surface area contributed by atoms with Gasteiger partial charge in [-0.2, -0.15) is 0 Å². The summed E-state index contributed by atoms with van der Waals surface area (Å²) in [7, 11) is 0. The summed E-state index contributed by atoms with van der Waals surface area (Å²) in [5, 5.41) is 9.01. The monoisotopic (exact) mass is 205 g/mol. The maximum absolute atomic E-state index is 12.6. The number of carbonyl (C=O) groups is 1. The number of halogens is 2. The highest BCUT2D eigenvalue weighted by Crippen LogP contribution is 2.58. The van der Waals surface area contributed by atoms with Gasteiger partial charge in [-0.15, -0.1) is 0 Å². The second kappa shape index (κ2) is 2.66. The number of alkyl halides is 2. The van der Waals surface area contributed by atoms with E-state index in [9.17, 15) is 13.6 Å². The predicted molar refractivity (Wildman–Crippen MR) is 44.9 cm³/mol. The molecule has 0 aromatic carbocycles. The van der Waals surface area contributed by atoms with Gasteiger partial charge >= 0.3 is 5.97 Å². The van der Waals surface area contributed by atoms with Gasteiger partial charge in [0.05, 0.1) is 5.41 Å². The van der Waals surface area contributed by atoms with Crippen molar-refractivity contribution in [2.24, 2.45) is 17.1 Å². The number of rotatable bonds is 2. The molecule has 0 heterocycles. The van der Waals surface area contributed by atoms with Crippen molar-refractivity contribution in [2.75, 3.05) is 0 Å². The Bertz CT molecular complexity index is 266. The number of carboxylic acid groups (broad SMARTS) is 1. The van der Waals surface area contributed by atoms with Crippen LogP contribution >= 0.6 is 0 Å². The topological polar surface area (TPSA) is 63.3 Å². The standard InChI is InChI=1S/C9H13F2NO2/c10-9(11)1-5(2-9)8(7(13)14)3-6(12)4-8/h5-6H,1-4,12H2,(H,13,14). The molecule has 14 heavy (non-hydrogen) atoms. The van der Waals surface area contributed by atoms with Crippen LogP contribution in [0.3, 0.4) is 0 Å². The first-order valence-corrected chi connectivity index (χ1v) is 4.72. The molecule has 0 bridgehead atoms. The molecule has 2 saturated carbocycles. The molecule has 80 valence electrons. The van der Waals surface area contributed by atoms with Crippen molar-refractivity contribution >= 4 is 5.97 Å². The fourth-order valence-electron chi connectivity index (χ4n) is 2.61. The van der Waals surface area contributed by atoms with Gasteiger partial charge in [0.15, 0.2) is 0 Å². The van der Waals surface area contributed by atoms with E-state index in [-0.39, 0.29) is 24.8 Å². The lowest BCUT2D eigenvalue weighted by atomic mass is 9.52. The highest BCUT2D eigenvalue weighted by atomic mass is 19.3. The number of nitrogens with two attached hydrogens (primary N) is 1. The van der Waals surface area contributed by atoms with Gasteiger partial charge < -0.3 is 10.8 Å². The van der Waals surface area contributed by atoms with Crippen molar-refractivity contribution < 1.29 is 18.7 Å². The molecule has 0 aromatic rings. The minimum absolute atomic E-state index is 0.125. The Balaban J connectivity index is 2.05. The molecule has 0 spiro atoms. The van der Waals surface area contributed by atoms with E-state index < -0.39 is 17.3 Å². The van der Waals surface area contributed by atoms with Gasteiger partial charge in [-0.25, -0.2) is 8.78 Å². The van der Waals surface area contributed by atoms with Gasteiger partial charge in [0.1, 0.15) is 0 Å². The molecule has 2 fully saturated rings. The van der Waals surface area contributed by atoms with Crippen LogP contribution in [0, 0.1) is 11.3 Å². The van der Waals surface area contributed by atoms with Crippen molar-refractivity contribution in [3.63, 3.8) is 0 Å². The molecule has 0 radical (unpaired) electrons. The summed E-state index contributed by atoms with van der Waals surface area (Å²) in [5.74, 6) is -3.98. The third kappa shape index (κ3) is 1.22. The summed E-state index contributed by atoms with van der Waals surface area (Å²) in [4.78, 5) is 11.0. The van der Waals surface area contributed by atoms with E-state index in [0.29, 0.717) is 12.8 Å². The van der Waals surface area contributed by atoms with Crippen LogP contribution < -0.4 is 5.73 Å². The Morgan fingerprint density at radius 1 is 1.29 bits per heavy atom. The summed E-state index contributed by atoms with van der Waals surface area (Å²) >= 11 is 0. The summed E-state index contributed by atoms with van der Waals surface area (Å²) in [6.45, 7) is 0. The second-order valence-electron chi connectivity index (χ2n) is 4.59. The van der Waals surface area contributed by atoms with Crippen molar-refractivity contribution in [3.05, 3.63) is 0 Å². The van der Waals surface area contributed by atoms with Gasteiger partial charge in [0, 0.05) is 18.9 Å². The summed E-state index contributed by atoms with van der Waals surface area (Å²) < 4.78 is 25.2. The zero-order valence-corrected chi connectivity index (χ0v) is 7.67. The smallest absolute Gasteiger partial charge is 0.310 e. The molecule has 0 unspecified atom stereocenters. The van der Waals surface area contributed by atoms with Gasteiger partial charge in [0.25, 0.3) is 0 Å². The van der Waals surface area contributed by atoms with Crippen LogP contribution in [-0.4, -0.2) is 23.0 Å². The van der Waals surface area contributed by atoms with Crippen molar-refractivity contribution in [1.82, 2.24) is 0 Å². The third-order valence-electron chi connectivity index (χ3n) is 3.55. The minimum atomic E-state index is -2.65. The molecule has 0 saturated heterocycles. The molecule has 0 aliphatic heterocycles.